The minimum Gasteiger partial charge on any atom is -0.756 e. The predicted molar refractivity (Wildman–Crippen MR) is 201 cm³/mol. The molecule has 3 atom stereocenters. The number of quaternary nitrogens is 1. The van der Waals surface area contributed by atoms with Gasteiger partial charge in [0.1, 0.15) is 13.2 Å². The van der Waals surface area contributed by atoms with Gasteiger partial charge in [0.15, 0.2) is 0 Å². The van der Waals surface area contributed by atoms with Crippen molar-refractivity contribution < 1.29 is 32.9 Å². The van der Waals surface area contributed by atoms with Gasteiger partial charge < -0.3 is 28.8 Å². The minimum atomic E-state index is -4.55. The van der Waals surface area contributed by atoms with Crippen molar-refractivity contribution in [1.29, 1.82) is 0 Å². The van der Waals surface area contributed by atoms with Crippen LogP contribution in [-0.4, -0.2) is 68.5 Å². The molecule has 0 radical (unpaired) electrons. The zero-order valence-electron chi connectivity index (χ0n) is 32.2. The summed E-state index contributed by atoms with van der Waals surface area (Å²) in [6, 6.07) is -0.798. The number of unbranched alkanes of at least 4 members (excludes halogenated alkanes) is 21. The normalized spacial score (nSPS) is 14.7. The molecule has 0 heterocycles. The summed E-state index contributed by atoms with van der Waals surface area (Å²) in [5.41, 5.74) is 0. The van der Waals surface area contributed by atoms with Crippen LogP contribution < -0.4 is 10.2 Å². The molecule has 48 heavy (non-hydrogen) atoms. The lowest BCUT2D eigenvalue weighted by atomic mass is 10.0. The van der Waals surface area contributed by atoms with Gasteiger partial charge in [-0.25, -0.2) is 0 Å². The Balaban J connectivity index is 4.40. The Morgan fingerprint density at radius 1 is 0.708 bits per heavy atom. The molecule has 8 nitrogen and oxygen atoms in total. The lowest BCUT2D eigenvalue weighted by Crippen LogP contribution is -2.46. The van der Waals surface area contributed by atoms with E-state index < -0.39 is 20.0 Å². The summed E-state index contributed by atoms with van der Waals surface area (Å²) in [4.78, 5) is 25.2. The van der Waals surface area contributed by atoms with Crippen LogP contribution >= 0.6 is 7.82 Å². The molecule has 3 unspecified atom stereocenters. The number of carbonyl (C=O) groups is 1. The third kappa shape index (κ3) is 33.7. The lowest BCUT2D eigenvalue weighted by molar-refractivity contribution is -0.870. The molecule has 0 rings (SSSR count). The van der Waals surface area contributed by atoms with Crippen molar-refractivity contribution >= 4 is 13.7 Å². The number of rotatable bonds is 36. The fourth-order valence-corrected chi connectivity index (χ4v) is 6.47. The van der Waals surface area contributed by atoms with E-state index in [9.17, 15) is 19.4 Å². The molecule has 0 aromatic rings. The predicted octanol–water partition coefficient (Wildman–Crippen LogP) is 9.78. The molecule has 0 bridgehead atoms. The van der Waals surface area contributed by atoms with E-state index in [1.165, 1.54) is 96.3 Å². The third-order valence-corrected chi connectivity index (χ3v) is 9.95. The summed E-state index contributed by atoms with van der Waals surface area (Å²) in [6.07, 6.45) is 33.5. The summed E-state index contributed by atoms with van der Waals surface area (Å²) in [6.45, 7) is 4.64. The maximum atomic E-state index is 12.8. The maximum absolute atomic E-state index is 12.8. The van der Waals surface area contributed by atoms with Gasteiger partial charge in [0.25, 0.3) is 7.82 Å². The van der Waals surface area contributed by atoms with Gasteiger partial charge in [0, 0.05) is 6.42 Å². The number of phosphoric acid groups is 1. The second-order valence-electron chi connectivity index (χ2n) is 15.0. The van der Waals surface area contributed by atoms with Crippen molar-refractivity contribution in [3.05, 3.63) is 12.2 Å². The van der Waals surface area contributed by atoms with Crippen molar-refractivity contribution in [2.45, 2.75) is 193 Å². The molecule has 2 N–H and O–H groups in total. The average Bonchev–Trinajstić information content (AvgIpc) is 3.02. The molecular weight excluding hydrogens is 623 g/mol. The Morgan fingerprint density at radius 2 is 1.19 bits per heavy atom. The van der Waals surface area contributed by atoms with Crippen molar-refractivity contribution in [3.63, 3.8) is 0 Å². The highest BCUT2D eigenvalue weighted by molar-refractivity contribution is 7.45. The fraction of sp³-hybridized carbons (Fsp3) is 0.923. The Kier molecular flexibility index (Phi) is 31.7. The number of hydrogen-bond donors (Lipinski definition) is 2. The molecule has 286 valence electrons. The van der Waals surface area contributed by atoms with Gasteiger partial charge in [-0.3, -0.25) is 9.36 Å². The molecule has 0 aliphatic heterocycles. The number of likely N-dealkylation sites (N-methyl/N-ethyl adjacent to an activating group) is 1. The van der Waals surface area contributed by atoms with Gasteiger partial charge in [-0.2, -0.15) is 0 Å². The molecule has 0 fully saturated rings. The van der Waals surface area contributed by atoms with Gasteiger partial charge in [0.05, 0.1) is 39.9 Å². The van der Waals surface area contributed by atoms with Crippen molar-refractivity contribution in [3.8, 4) is 0 Å². The molecule has 0 aliphatic carbocycles. The van der Waals surface area contributed by atoms with Gasteiger partial charge in [-0.15, -0.1) is 0 Å². The number of carbonyl (C=O) groups excluding carboxylic acids is 1. The topological polar surface area (TPSA) is 108 Å². The first-order valence-corrected chi connectivity index (χ1v) is 21.5. The Labute approximate surface area is 297 Å². The number of allylic oxidation sites excluding steroid dienone is 2. The van der Waals surface area contributed by atoms with Crippen LogP contribution in [-0.2, 0) is 18.4 Å². The SMILES string of the molecule is CCC/C=C\CCCCCCCC(=O)NC(COP(=O)([O-])OCC[N+](C)(C)C)C(O)CCCCCCCCCCCCCCCCCC. The van der Waals surface area contributed by atoms with E-state index in [0.717, 1.165) is 57.8 Å². The highest BCUT2D eigenvalue weighted by Crippen LogP contribution is 2.38. The molecule has 0 aliphatic rings. The van der Waals surface area contributed by atoms with Crippen molar-refractivity contribution in [2.75, 3.05) is 40.9 Å². The zero-order chi connectivity index (χ0) is 35.8. The first-order valence-electron chi connectivity index (χ1n) is 20.0. The summed E-state index contributed by atoms with van der Waals surface area (Å²) in [7, 11) is 1.30. The first-order chi connectivity index (χ1) is 23.0. The van der Waals surface area contributed by atoms with E-state index in [2.05, 4.69) is 31.3 Å². The number of nitrogens with zero attached hydrogens (tertiary/aromatic N) is 1. The van der Waals surface area contributed by atoms with E-state index in [1.54, 1.807) is 0 Å². The van der Waals surface area contributed by atoms with Gasteiger partial charge in [0.2, 0.25) is 5.91 Å². The largest absolute Gasteiger partial charge is 0.756 e. The summed E-state index contributed by atoms with van der Waals surface area (Å²) in [5.74, 6) is -0.177. The zero-order valence-corrected chi connectivity index (χ0v) is 33.1. The van der Waals surface area contributed by atoms with Crippen LogP contribution in [0.1, 0.15) is 181 Å². The van der Waals surface area contributed by atoms with Crippen molar-refractivity contribution in [1.82, 2.24) is 5.32 Å². The summed E-state index contributed by atoms with van der Waals surface area (Å²) in [5, 5.41) is 13.8. The van der Waals surface area contributed by atoms with Crippen LogP contribution in [0.25, 0.3) is 0 Å². The van der Waals surface area contributed by atoms with E-state index in [0.29, 0.717) is 23.9 Å². The number of hydrogen-bond acceptors (Lipinski definition) is 6. The molecule has 1 amide bonds. The van der Waals surface area contributed by atoms with Crippen LogP contribution in [0.15, 0.2) is 12.2 Å². The highest BCUT2D eigenvalue weighted by Gasteiger charge is 2.24. The fourth-order valence-electron chi connectivity index (χ4n) is 5.75. The molecule has 9 heteroatoms. The average molecular weight is 703 g/mol. The molecule has 0 aromatic heterocycles. The number of nitrogens with one attached hydrogen (secondary N) is 1. The minimum absolute atomic E-state index is 0.0120. The summed E-state index contributed by atoms with van der Waals surface area (Å²) >= 11 is 0. The second-order valence-corrected chi connectivity index (χ2v) is 16.4. The molecule has 0 saturated carbocycles. The van der Waals surface area contributed by atoms with E-state index >= 15 is 0 Å². The number of aliphatic hydroxyl groups excluding tert-OH is 1. The highest BCUT2D eigenvalue weighted by atomic mass is 31.2. The molecule has 0 aromatic carbocycles. The first kappa shape index (κ1) is 47.2. The number of phosphoric ester groups is 1. The second kappa shape index (κ2) is 32.2. The van der Waals surface area contributed by atoms with Gasteiger partial charge in [-0.05, 0) is 32.1 Å². The quantitative estimate of drug-likeness (QED) is 0.0291. The Bertz CT molecular complexity index is 804. The maximum Gasteiger partial charge on any atom is 0.268 e. The van der Waals surface area contributed by atoms with Crippen LogP contribution in [0.2, 0.25) is 0 Å². The lowest BCUT2D eigenvalue weighted by Gasteiger charge is -2.30. The smallest absolute Gasteiger partial charge is 0.268 e. The van der Waals surface area contributed by atoms with Crippen LogP contribution in [0, 0.1) is 0 Å². The summed E-state index contributed by atoms with van der Waals surface area (Å²) < 4.78 is 23.2. The van der Waals surface area contributed by atoms with Gasteiger partial charge >= 0.3 is 0 Å². The molecular formula is C39H79N2O6P. The van der Waals surface area contributed by atoms with Crippen LogP contribution in [0.4, 0.5) is 0 Å². The van der Waals surface area contributed by atoms with Crippen molar-refractivity contribution in [2.24, 2.45) is 0 Å². The van der Waals surface area contributed by atoms with Crippen LogP contribution in [0.5, 0.6) is 0 Å². The van der Waals surface area contributed by atoms with Gasteiger partial charge in [-0.1, -0.05) is 154 Å². The molecule has 0 spiro atoms. The van der Waals surface area contributed by atoms with Crippen LogP contribution in [0.3, 0.4) is 0 Å². The van der Waals surface area contributed by atoms with E-state index in [-0.39, 0.29) is 19.1 Å². The third-order valence-electron chi connectivity index (χ3n) is 8.98. The van der Waals surface area contributed by atoms with E-state index in [1.807, 2.05) is 21.1 Å². The Hall–Kier alpha value is -0.760. The Morgan fingerprint density at radius 3 is 1.71 bits per heavy atom. The van der Waals surface area contributed by atoms with E-state index in [4.69, 9.17) is 9.05 Å². The number of aliphatic hydroxyl groups is 1. The standard InChI is InChI=1S/C39H79N2O6P/c1-6-8-10-12-14-16-18-19-20-21-22-23-24-26-28-30-32-38(42)37(36-47-48(44,45)46-35-34-41(3,4)5)40-39(43)33-31-29-27-25-17-15-13-11-9-7-2/h11,13,37-38,42H,6-10,12,14-36H2,1-5H3,(H-,40,43,44,45)/b13-11-. The monoisotopic (exact) mass is 703 g/mol. The molecule has 0 saturated heterocycles. The number of amides is 1.